The molecule has 1 aromatic carbocycles. The molecule has 5 atom stereocenters. The van der Waals surface area contributed by atoms with Gasteiger partial charge in [0.2, 0.25) is 5.91 Å². The van der Waals surface area contributed by atoms with Gasteiger partial charge in [0.15, 0.2) is 0 Å². The largest absolute Gasteiger partial charge is 0.465 e. The van der Waals surface area contributed by atoms with Crippen molar-refractivity contribution in [3.05, 3.63) is 54.6 Å². The van der Waals surface area contributed by atoms with Crippen LogP contribution < -0.4 is 4.90 Å². The second-order valence-electron chi connectivity index (χ2n) is 9.94. The summed E-state index contributed by atoms with van der Waals surface area (Å²) in [5, 5.41) is 9.49. The molecule has 0 aliphatic carbocycles. The van der Waals surface area contributed by atoms with E-state index in [2.05, 4.69) is 13.2 Å². The number of hydrogen-bond acceptors (Lipinski definition) is 6. The van der Waals surface area contributed by atoms with Gasteiger partial charge >= 0.3 is 5.97 Å². The van der Waals surface area contributed by atoms with Gasteiger partial charge in [-0.2, -0.15) is 0 Å². The van der Waals surface area contributed by atoms with E-state index in [0.29, 0.717) is 25.8 Å². The highest BCUT2D eigenvalue weighted by molar-refractivity contribution is 8.02. The number of carbonyl (C=O) groups excluding carboxylic acids is 3. The fraction of sp³-hybridized carbons (Fsp3) is 0.536. The molecule has 2 unspecified atom stereocenters. The van der Waals surface area contributed by atoms with E-state index in [1.807, 2.05) is 32.0 Å². The Hall–Kier alpha value is -2.58. The number of anilines is 1. The number of amides is 2. The average molecular weight is 513 g/mol. The van der Waals surface area contributed by atoms with E-state index in [0.717, 1.165) is 23.2 Å². The first kappa shape index (κ1) is 26.5. The summed E-state index contributed by atoms with van der Waals surface area (Å²) in [7, 11) is 0. The quantitative estimate of drug-likeness (QED) is 0.278. The van der Waals surface area contributed by atoms with Crippen LogP contribution in [-0.4, -0.2) is 70.1 Å². The van der Waals surface area contributed by atoms with Crippen LogP contribution in [-0.2, 0) is 19.1 Å². The predicted octanol–water partition coefficient (Wildman–Crippen LogP) is 3.42. The number of benzene rings is 1. The molecule has 0 saturated carbocycles. The van der Waals surface area contributed by atoms with Crippen molar-refractivity contribution in [2.45, 2.75) is 55.6 Å². The zero-order valence-electron chi connectivity index (χ0n) is 21.2. The standard InChI is InChI=1S/C28H36N2O5S/c1-5-7-16-35-27(34)22-21-11-12-28(36-21)23(22)25(32)30(14-8-15-31)24(28)26(33)29(13-6-2)20-17-18(3)9-10-19(20)4/h5-6,9-10,17,21-24,31H,1-2,7-8,11-16H2,3-4H3/t21-,22+,23-,24?,28?/m0/s1. The van der Waals surface area contributed by atoms with Gasteiger partial charge in [-0.3, -0.25) is 14.4 Å². The highest BCUT2D eigenvalue weighted by Gasteiger charge is 2.74. The van der Waals surface area contributed by atoms with Gasteiger partial charge in [0.05, 0.1) is 23.2 Å². The molecular weight excluding hydrogens is 476 g/mol. The van der Waals surface area contributed by atoms with E-state index in [1.54, 1.807) is 33.7 Å². The topological polar surface area (TPSA) is 87.2 Å². The zero-order valence-corrected chi connectivity index (χ0v) is 22.0. The highest BCUT2D eigenvalue weighted by Crippen LogP contribution is 2.66. The van der Waals surface area contributed by atoms with Crippen LogP contribution in [0.1, 0.15) is 36.8 Å². The number of hydrogen-bond donors (Lipinski definition) is 1. The maximum absolute atomic E-state index is 14.4. The second kappa shape index (κ2) is 10.8. The lowest BCUT2D eigenvalue weighted by Gasteiger charge is -2.37. The van der Waals surface area contributed by atoms with Gasteiger partial charge in [0.25, 0.3) is 5.91 Å². The van der Waals surface area contributed by atoms with Crippen LogP contribution in [0, 0.1) is 25.7 Å². The number of aliphatic hydroxyl groups excluding tert-OH is 1. The van der Waals surface area contributed by atoms with Crippen LogP contribution in [0.4, 0.5) is 5.69 Å². The summed E-state index contributed by atoms with van der Waals surface area (Å²) in [6, 6.07) is 5.26. The van der Waals surface area contributed by atoms with E-state index in [-0.39, 0.29) is 42.8 Å². The maximum Gasteiger partial charge on any atom is 0.310 e. The van der Waals surface area contributed by atoms with E-state index in [9.17, 15) is 19.5 Å². The lowest BCUT2D eigenvalue weighted by atomic mass is 9.71. The van der Waals surface area contributed by atoms with Crippen molar-refractivity contribution in [2.24, 2.45) is 11.8 Å². The molecule has 7 nitrogen and oxygen atoms in total. The van der Waals surface area contributed by atoms with Gasteiger partial charge in [-0.1, -0.05) is 24.3 Å². The first-order chi connectivity index (χ1) is 17.3. The molecule has 3 heterocycles. The second-order valence-corrected chi connectivity index (χ2v) is 11.5. The summed E-state index contributed by atoms with van der Waals surface area (Å²) in [5.41, 5.74) is 2.79. The van der Waals surface area contributed by atoms with Crippen LogP contribution >= 0.6 is 11.8 Å². The van der Waals surface area contributed by atoms with E-state index < -0.39 is 22.6 Å². The van der Waals surface area contributed by atoms with Gasteiger partial charge < -0.3 is 19.6 Å². The summed E-state index contributed by atoms with van der Waals surface area (Å²) in [6.07, 6.45) is 5.76. The molecule has 4 rings (SSSR count). The van der Waals surface area contributed by atoms with E-state index in [1.165, 1.54) is 0 Å². The van der Waals surface area contributed by atoms with Crippen LogP contribution in [0.2, 0.25) is 0 Å². The third-order valence-corrected chi connectivity index (χ3v) is 9.61. The molecule has 8 heteroatoms. The minimum atomic E-state index is -0.720. The summed E-state index contributed by atoms with van der Waals surface area (Å²) in [6.45, 7) is 12.2. The minimum Gasteiger partial charge on any atom is -0.465 e. The molecule has 3 aliphatic rings. The Morgan fingerprint density at radius 3 is 2.78 bits per heavy atom. The summed E-state index contributed by atoms with van der Waals surface area (Å²) in [5.74, 6) is -1.87. The van der Waals surface area contributed by atoms with Crippen molar-refractivity contribution in [1.82, 2.24) is 4.90 Å². The molecule has 2 amide bonds. The number of esters is 1. The Morgan fingerprint density at radius 1 is 1.31 bits per heavy atom. The number of likely N-dealkylation sites (tertiary alicyclic amines) is 1. The first-order valence-corrected chi connectivity index (χ1v) is 13.5. The van der Waals surface area contributed by atoms with Crippen molar-refractivity contribution in [2.75, 3.05) is 31.2 Å². The lowest BCUT2D eigenvalue weighted by molar-refractivity contribution is -0.154. The lowest BCUT2D eigenvalue weighted by Crippen LogP contribution is -2.55. The highest BCUT2D eigenvalue weighted by atomic mass is 32.2. The molecule has 2 bridgehead atoms. The number of nitrogens with zero attached hydrogens (tertiary/aromatic N) is 2. The van der Waals surface area contributed by atoms with Crippen molar-refractivity contribution in [3.63, 3.8) is 0 Å². The fourth-order valence-electron chi connectivity index (χ4n) is 6.11. The molecule has 36 heavy (non-hydrogen) atoms. The molecule has 3 saturated heterocycles. The summed E-state index contributed by atoms with van der Waals surface area (Å²) < 4.78 is 4.84. The number of carbonyl (C=O) groups is 3. The molecular formula is C28H36N2O5S. The Balaban J connectivity index is 1.74. The van der Waals surface area contributed by atoms with Gasteiger partial charge in [-0.15, -0.1) is 24.9 Å². The molecule has 3 fully saturated rings. The monoisotopic (exact) mass is 512 g/mol. The van der Waals surface area contributed by atoms with Crippen molar-refractivity contribution < 1.29 is 24.2 Å². The number of thioether (sulfide) groups is 1. The number of rotatable bonds is 11. The third-order valence-electron chi connectivity index (χ3n) is 7.66. The molecule has 1 aromatic rings. The zero-order chi connectivity index (χ0) is 26.0. The average Bonchev–Trinajstić information content (AvgIpc) is 3.50. The van der Waals surface area contributed by atoms with Crippen molar-refractivity contribution in [3.8, 4) is 0 Å². The van der Waals surface area contributed by atoms with Crippen LogP contribution in [0.5, 0.6) is 0 Å². The maximum atomic E-state index is 14.4. The molecule has 1 spiro atoms. The van der Waals surface area contributed by atoms with Gasteiger partial charge in [0, 0.05) is 30.6 Å². The SMILES string of the molecule is C=CCCOC(=O)[C@@H]1[C@@H]2CCC3(S2)C(C(=O)N(CC=C)c2cc(C)ccc2C)N(CCCO)C(=O)[C@H]13. The molecule has 0 aromatic heterocycles. The Morgan fingerprint density at radius 2 is 2.08 bits per heavy atom. The van der Waals surface area contributed by atoms with E-state index >= 15 is 0 Å². The van der Waals surface area contributed by atoms with Crippen LogP contribution in [0.3, 0.4) is 0 Å². The number of aryl methyl sites for hydroxylation is 2. The van der Waals surface area contributed by atoms with Gasteiger partial charge in [-0.25, -0.2) is 0 Å². The molecule has 1 N–H and O–H groups in total. The smallest absolute Gasteiger partial charge is 0.310 e. The van der Waals surface area contributed by atoms with Crippen molar-refractivity contribution >= 4 is 35.2 Å². The molecule has 194 valence electrons. The Bertz CT molecular complexity index is 1060. The molecule has 3 aliphatic heterocycles. The van der Waals surface area contributed by atoms with Gasteiger partial charge in [0.1, 0.15) is 6.04 Å². The van der Waals surface area contributed by atoms with Crippen LogP contribution in [0.25, 0.3) is 0 Å². The number of fused-ring (bicyclic) bond motifs is 1. The van der Waals surface area contributed by atoms with E-state index in [4.69, 9.17) is 4.74 Å². The summed E-state index contributed by atoms with van der Waals surface area (Å²) in [4.78, 5) is 44.8. The van der Waals surface area contributed by atoms with Crippen molar-refractivity contribution in [1.29, 1.82) is 0 Å². The normalized spacial score (nSPS) is 28.2. The fourth-order valence-corrected chi connectivity index (χ4v) is 8.32. The van der Waals surface area contributed by atoms with Crippen LogP contribution in [0.15, 0.2) is 43.5 Å². The molecule has 0 radical (unpaired) electrons. The first-order valence-electron chi connectivity index (χ1n) is 12.7. The predicted molar refractivity (Wildman–Crippen MR) is 142 cm³/mol. The number of ether oxygens (including phenoxy) is 1. The number of aliphatic hydroxyl groups is 1. The Labute approximate surface area is 217 Å². The minimum absolute atomic E-state index is 0.0426. The third kappa shape index (κ3) is 4.39. The summed E-state index contributed by atoms with van der Waals surface area (Å²) >= 11 is 1.62. The van der Waals surface area contributed by atoms with Gasteiger partial charge in [-0.05, 0) is 56.7 Å². The Kier molecular flexibility index (Phi) is 7.95.